The zero-order valence-electron chi connectivity index (χ0n) is 12.7. The number of anilines is 1. The maximum atomic E-state index is 12.7. The molecule has 0 saturated carbocycles. The number of thiocarbonyl (C=S) groups is 1. The first-order chi connectivity index (χ1) is 9.87. The molecule has 6 heteroatoms. The molecule has 0 fully saturated rings. The number of carbonyl (C=O) groups is 1. The highest BCUT2D eigenvalue weighted by Crippen LogP contribution is 2.32. The largest absolute Gasteiger partial charge is 0.392 e. The summed E-state index contributed by atoms with van der Waals surface area (Å²) in [5, 5.41) is 2.86. The Morgan fingerprint density at radius 1 is 1.38 bits per heavy atom. The molecule has 1 aromatic heterocycles. The number of nitrogens with zero attached hydrogens (tertiary/aromatic N) is 1. The standard InChI is InChI=1S/C15H22BrN3OS/c1-4-8-15(9-5-2,13(17)21)14(20)19-12-7-6-11(16)10(3)18-12/h6-7H,4-5,8-9H2,1-3H3,(H2,17,21)(H,18,19,20). The molecule has 1 amide bonds. The second-order valence-electron chi connectivity index (χ2n) is 5.16. The fourth-order valence-corrected chi connectivity index (χ4v) is 2.93. The number of hydrogen-bond acceptors (Lipinski definition) is 3. The number of aromatic nitrogens is 1. The second kappa shape index (κ2) is 7.84. The summed E-state index contributed by atoms with van der Waals surface area (Å²) in [4.78, 5) is 17.3. The van der Waals surface area contributed by atoms with Gasteiger partial charge in [0, 0.05) is 4.47 Å². The topological polar surface area (TPSA) is 68.0 Å². The van der Waals surface area contributed by atoms with E-state index in [1.165, 1.54) is 0 Å². The first kappa shape index (κ1) is 18.0. The van der Waals surface area contributed by atoms with E-state index in [4.69, 9.17) is 18.0 Å². The van der Waals surface area contributed by atoms with Gasteiger partial charge in [0.2, 0.25) is 5.91 Å². The van der Waals surface area contributed by atoms with Crippen LogP contribution in [0.5, 0.6) is 0 Å². The third kappa shape index (κ3) is 4.23. The SMILES string of the molecule is CCCC(CCC)(C(=O)Nc1ccc(Br)c(C)n1)C(N)=S. The van der Waals surface area contributed by atoms with Crippen LogP contribution in [0.3, 0.4) is 0 Å². The normalized spacial score (nSPS) is 11.2. The summed E-state index contributed by atoms with van der Waals surface area (Å²) in [7, 11) is 0. The predicted octanol–water partition coefficient (Wildman–Crippen LogP) is 3.96. The van der Waals surface area contributed by atoms with Crippen molar-refractivity contribution in [1.82, 2.24) is 4.98 Å². The molecule has 0 bridgehead atoms. The molecule has 21 heavy (non-hydrogen) atoms. The van der Waals surface area contributed by atoms with Crippen molar-refractivity contribution in [3.05, 3.63) is 22.3 Å². The molecule has 0 radical (unpaired) electrons. The van der Waals surface area contributed by atoms with Gasteiger partial charge in [-0.05, 0) is 47.8 Å². The molecule has 0 aliphatic carbocycles. The van der Waals surface area contributed by atoms with Gasteiger partial charge in [0.1, 0.15) is 5.82 Å². The smallest absolute Gasteiger partial charge is 0.238 e. The molecular formula is C15H22BrN3OS. The molecule has 1 heterocycles. The van der Waals surface area contributed by atoms with Crippen molar-refractivity contribution in [2.75, 3.05) is 5.32 Å². The molecule has 0 unspecified atom stereocenters. The molecule has 116 valence electrons. The van der Waals surface area contributed by atoms with Gasteiger partial charge >= 0.3 is 0 Å². The van der Waals surface area contributed by atoms with E-state index in [9.17, 15) is 4.79 Å². The molecule has 1 aromatic rings. The van der Waals surface area contributed by atoms with Crippen molar-refractivity contribution in [3.8, 4) is 0 Å². The Bertz CT molecular complexity index is 528. The van der Waals surface area contributed by atoms with Gasteiger partial charge in [0.25, 0.3) is 0 Å². The molecule has 0 aromatic carbocycles. The van der Waals surface area contributed by atoms with Crippen molar-refractivity contribution in [2.45, 2.75) is 46.5 Å². The van der Waals surface area contributed by atoms with E-state index in [-0.39, 0.29) is 10.9 Å². The Morgan fingerprint density at radius 3 is 2.38 bits per heavy atom. The number of rotatable bonds is 7. The van der Waals surface area contributed by atoms with Crippen LogP contribution in [-0.4, -0.2) is 15.9 Å². The van der Waals surface area contributed by atoms with Gasteiger partial charge in [-0.15, -0.1) is 0 Å². The first-order valence-electron chi connectivity index (χ1n) is 7.12. The molecule has 0 spiro atoms. The van der Waals surface area contributed by atoms with E-state index < -0.39 is 5.41 Å². The maximum Gasteiger partial charge on any atom is 0.238 e. The van der Waals surface area contributed by atoms with Crippen LogP contribution in [0.1, 0.15) is 45.2 Å². The minimum absolute atomic E-state index is 0.159. The van der Waals surface area contributed by atoms with Crippen molar-refractivity contribution >= 4 is 44.9 Å². The van der Waals surface area contributed by atoms with Crippen molar-refractivity contribution in [3.63, 3.8) is 0 Å². The second-order valence-corrected chi connectivity index (χ2v) is 6.46. The molecule has 0 saturated heterocycles. The Hall–Kier alpha value is -1.01. The molecule has 1 rings (SSSR count). The van der Waals surface area contributed by atoms with Crippen LogP contribution in [0, 0.1) is 12.3 Å². The van der Waals surface area contributed by atoms with Gasteiger partial charge in [0.15, 0.2) is 0 Å². The fraction of sp³-hybridized carbons (Fsp3) is 0.533. The Labute approximate surface area is 140 Å². The molecule has 0 aliphatic rings. The number of pyridine rings is 1. The zero-order chi connectivity index (χ0) is 16.0. The van der Waals surface area contributed by atoms with E-state index in [1.807, 2.05) is 26.8 Å². The minimum Gasteiger partial charge on any atom is -0.392 e. The highest BCUT2D eigenvalue weighted by molar-refractivity contribution is 9.10. The number of amides is 1. The van der Waals surface area contributed by atoms with E-state index >= 15 is 0 Å². The summed E-state index contributed by atoms with van der Waals surface area (Å²) < 4.78 is 0.906. The lowest BCUT2D eigenvalue weighted by molar-refractivity contribution is -0.122. The van der Waals surface area contributed by atoms with E-state index in [1.54, 1.807) is 6.07 Å². The number of nitrogens with one attached hydrogen (secondary N) is 1. The van der Waals surface area contributed by atoms with Gasteiger partial charge < -0.3 is 11.1 Å². The zero-order valence-corrected chi connectivity index (χ0v) is 15.1. The van der Waals surface area contributed by atoms with Gasteiger partial charge in [-0.1, -0.05) is 38.9 Å². The van der Waals surface area contributed by atoms with Crippen LogP contribution in [0.15, 0.2) is 16.6 Å². The van der Waals surface area contributed by atoms with Gasteiger partial charge in [0.05, 0.1) is 16.1 Å². The number of carbonyl (C=O) groups excluding carboxylic acids is 1. The van der Waals surface area contributed by atoms with Crippen LogP contribution in [0.4, 0.5) is 5.82 Å². The summed E-state index contributed by atoms with van der Waals surface area (Å²) in [6.07, 6.45) is 2.99. The molecule has 4 nitrogen and oxygen atoms in total. The highest BCUT2D eigenvalue weighted by atomic mass is 79.9. The van der Waals surface area contributed by atoms with Crippen molar-refractivity contribution in [2.24, 2.45) is 11.1 Å². The lowest BCUT2D eigenvalue weighted by Gasteiger charge is -2.30. The van der Waals surface area contributed by atoms with Crippen LogP contribution >= 0.6 is 28.1 Å². The van der Waals surface area contributed by atoms with E-state index in [2.05, 4.69) is 26.2 Å². The van der Waals surface area contributed by atoms with Gasteiger partial charge in [-0.25, -0.2) is 4.98 Å². The fourth-order valence-electron chi connectivity index (χ4n) is 2.41. The predicted molar refractivity (Wildman–Crippen MR) is 94.3 cm³/mol. The number of aryl methyl sites for hydroxylation is 1. The first-order valence-corrected chi connectivity index (χ1v) is 8.32. The summed E-state index contributed by atoms with van der Waals surface area (Å²) in [5.74, 6) is 0.362. The molecule has 0 aliphatic heterocycles. The van der Waals surface area contributed by atoms with Crippen LogP contribution in [0.25, 0.3) is 0 Å². The monoisotopic (exact) mass is 371 g/mol. The Balaban J connectivity index is 3.04. The van der Waals surface area contributed by atoms with Gasteiger partial charge in [-0.2, -0.15) is 0 Å². The summed E-state index contributed by atoms with van der Waals surface area (Å²) in [5.41, 5.74) is 5.92. The lowest BCUT2D eigenvalue weighted by Crippen LogP contribution is -2.46. The Morgan fingerprint density at radius 2 is 1.95 bits per heavy atom. The number of halogens is 1. The maximum absolute atomic E-state index is 12.7. The van der Waals surface area contributed by atoms with Gasteiger partial charge in [-0.3, -0.25) is 4.79 Å². The summed E-state index contributed by atoms with van der Waals surface area (Å²) in [6.45, 7) is 5.93. The quantitative estimate of drug-likeness (QED) is 0.711. The molecule has 3 N–H and O–H groups in total. The number of nitrogens with two attached hydrogens (primary N) is 1. The average Bonchev–Trinajstić information content (AvgIpc) is 2.42. The van der Waals surface area contributed by atoms with Crippen molar-refractivity contribution < 1.29 is 4.79 Å². The molecular weight excluding hydrogens is 350 g/mol. The van der Waals surface area contributed by atoms with Crippen LogP contribution < -0.4 is 11.1 Å². The van der Waals surface area contributed by atoms with Crippen molar-refractivity contribution in [1.29, 1.82) is 0 Å². The summed E-state index contributed by atoms with van der Waals surface area (Å²) >= 11 is 8.58. The lowest BCUT2D eigenvalue weighted by atomic mass is 9.78. The third-order valence-electron chi connectivity index (χ3n) is 3.52. The van der Waals surface area contributed by atoms with E-state index in [0.29, 0.717) is 18.7 Å². The van der Waals surface area contributed by atoms with E-state index in [0.717, 1.165) is 23.0 Å². The summed E-state index contributed by atoms with van der Waals surface area (Å²) in [6, 6.07) is 3.62. The average molecular weight is 372 g/mol. The number of hydrogen-bond donors (Lipinski definition) is 2. The van der Waals surface area contributed by atoms with Crippen LogP contribution in [0.2, 0.25) is 0 Å². The minimum atomic E-state index is -0.790. The van der Waals surface area contributed by atoms with Crippen LogP contribution in [-0.2, 0) is 4.79 Å². The highest BCUT2D eigenvalue weighted by Gasteiger charge is 2.40. The Kier molecular flexibility index (Phi) is 6.74. The molecule has 0 atom stereocenters. The third-order valence-corrected chi connectivity index (χ3v) is 4.75.